The SMILES string of the molecule is COc1ncccc1CN1CCN(C)[C@@H](c2nnn3cc(-c4ccsc4)ccc23)C1. The van der Waals surface area contributed by atoms with E-state index >= 15 is 0 Å². The number of aromatic nitrogens is 4. The van der Waals surface area contributed by atoms with E-state index in [-0.39, 0.29) is 6.04 Å². The molecule has 0 saturated carbocycles. The maximum atomic E-state index is 5.43. The van der Waals surface area contributed by atoms with Crippen LogP contribution in [0.5, 0.6) is 5.88 Å². The smallest absolute Gasteiger partial charge is 0.217 e. The summed E-state index contributed by atoms with van der Waals surface area (Å²) >= 11 is 1.70. The van der Waals surface area contributed by atoms with Crippen LogP contribution in [0, 0.1) is 0 Å². The standard InChI is InChI=1S/C22H24N6OS/c1-26-9-10-27(12-17-4-3-8-23-22(17)29-2)14-20(26)21-19-6-5-16(13-28(19)25-24-21)18-7-11-30-15-18/h3-8,11,13,15,20H,9-10,12,14H2,1-2H3/t20-/m1/s1. The van der Waals surface area contributed by atoms with Crippen molar-refractivity contribution in [3.8, 4) is 17.0 Å². The molecule has 30 heavy (non-hydrogen) atoms. The molecule has 5 rings (SSSR count). The summed E-state index contributed by atoms with van der Waals surface area (Å²) in [4.78, 5) is 9.14. The zero-order chi connectivity index (χ0) is 20.5. The Morgan fingerprint density at radius 1 is 1.17 bits per heavy atom. The van der Waals surface area contributed by atoms with Crippen molar-refractivity contribution in [1.29, 1.82) is 0 Å². The Labute approximate surface area is 179 Å². The number of rotatable bonds is 5. The van der Waals surface area contributed by atoms with E-state index in [1.165, 1.54) is 5.56 Å². The van der Waals surface area contributed by atoms with E-state index in [2.05, 4.69) is 73.4 Å². The molecular weight excluding hydrogens is 396 g/mol. The predicted molar refractivity (Wildman–Crippen MR) is 118 cm³/mol. The molecule has 1 atom stereocenters. The third kappa shape index (κ3) is 3.58. The van der Waals surface area contributed by atoms with Crippen molar-refractivity contribution < 1.29 is 4.74 Å². The monoisotopic (exact) mass is 420 g/mol. The van der Waals surface area contributed by atoms with E-state index in [0.717, 1.165) is 48.5 Å². The molecule has 1 saturated heterocycles. The zero-order valence-electron chi connectivity index (χ0n) is 17.1. The van der Waals surface area contributed by atoms with Crippen molar-refractivity contribution in [2.45, 2.75) is 12.6 Å². The van der Waals surface area contributed by atoms with Crippen molar-refractivity contribution >= 4 is 16.9 Å². The predicted octanol–water partition coefficient (Wildman–Crippen LogP) is 3.35. The molecule has 1 aliphatic heterocycles. The number of ether oxygens (including phenoxy) is 1. The molecule has 4 aromatic heterocycles. The maximum Gasteiger partial charge on any atom is 0.217 e. The number of pyridine rings is 2. The van der Waals surface area contributed by atoms with Gasteiger partial charge in [-0.2, -0.15) is 11.3 Å². The van der Waals surface area contributed by atoms with Gasteiger partial charge >= 0.3 is 0 Å². The summed E-state index contributed by atoms with van der Waals surface area (Å²) in [6, 6.07) is 10.7. The van der Waals surface area contributed by atoms with Crippen LogP contribution in [0.2, 0.25) is 0 Å². The molecule has 0 bridgehead atoms. The molecule has 0 spiro atoms. The minimum Gasteiger partial charge on any atom is -0.481 e. The summed E-state index contributed by atoms with van der Waals surface area (Å²) in [5.41, 5.74) is 5.56. The van der Waals surface area contributed by atoms with E-state index in [1.807, 2.05) is 10.6 Å². The van der Waals surface area contributed by atoms with Crippen molar-refractivity contribution in [2.24, 2.45) is 0 Å². The molecule has 0 amide bonds. The van der Waals surface area contributed by atoms with Gasteiger partial charge in [-0.1, -0.05) is 17.3 Å². The van der Waals surface area contributed by atoms with Crippen LogP contribution in [0.4, 0.5) is 0 Å². The highest BCUT2D eigenvalue weighted by Crippen LogP contribution is 2.29. The third-order valence-electron chi connectivity index (χ3n) is 5.78. The summed E-state index contributed by atoms with van der Waals surface area (Å²) in [5, 5.41) is 13.3. The zero-order valence-corrected chi connectivity index (χ0v) is 17.9. The molecule has 0 radical (unpaired) electrons. The second kappa shape index (κ2) is 8.14. The first-order valence-corrected chi connectivity index (χ1v) is 10.9. The van der Waals surface area contributed by atoms with Crippen LogP contribution in [-0.2, 0) is 6.54 Å². The summed E-state index contributed by atoms with van der Waals surface area (Å²) in [6.45, 7) is 3.66. The average Bonchev–Trinajstić information content (AvgIpc) is 3.45. The molecule has 4 aromatic rings. The van der Waals surface area contributed by atoms with Crippen molar-refractivity contribution in [3.05, 3.63) is 64.7 Å². The van der Waals surface area contributed by atoms with Gasteiger partial charge in [0, 0.05) is 49.7 Å². The Morgan fingerprint density at radius 2 is 2.10 bits per heavy atom. The Morgan fingerprint density at radius 3 is 2.93 bits per heavy atom. The molecule has 1 aliphatic rings. The van der Waals surface area contributed by atoms with Crippen LogP contribution in [0.25, 0.3) is 16.6 Å². The van der Waals surface area contributed by atoms with Gasteiger partial charge in [0.15, 0.2) is 0 Å². The highest BCUT2D eigenvalue weighted by atomic mass is 32.1. The minimum absolute atomic E-state index is 0.186. The fourth-order valence-electron chi connectivity index (χ4n) is 4.09. The number of hydrogen-bond acceptors (Lipinski definition) is 7. The lowest BCUT2D eigenvalue weighted by molar-refractivity contribution is 0.0882. The van der Waals surface area contributed by atoms with Crippen molar-refractivity contribution in [1.82, 2.24) is 29.6 Å². The van der Waals surface area contributed by atoms with Gasteiger partial charge in [-0.25, -0.2) is 9.50 Å². The van der Waals surface area contributed by atoms with Gasteiger partial charge in [0.05, 0.1) is 18.7 Å². The number of likely N-dealkylation sites (N-methyl/N-ethyl adjacent to an activating group) is 1. The lowest BCUT2D eigenvalue weighted by Crippen LogP contribution is -2.46. The van der Waals surface area contributed by atoms with Crippen molar-refractivity contribution in [3.63, 3.8) is 0 Å². The van der Waals surface area contributed by atoms with Gasteiger partial charge < -0.3 is 4.74 Å². The second-order valence-corrected chi connectivity index (χ2v) is 8.42. The van der Waals surface area contributed by atoms with Crippen LogP contribution in [0.3, 0.4) is 0 Å². The number of methoxy groups -OCH3 is 1. The van der Waals surface area contributed by atoms with Crippen LogP contribution in [0.15, 0.2) is 53.5 Å². The van der Waals surface area contributed by atoms with E-state index in [0.29, 0.717) is 5.88 Å². The summed E-state index contributed by atoms with van der Waals surface area (Å²) in [7, 11) is 3.84. The highest BCUT2D eigenvalue weighted by Gasteiger charge is 2.29. The molecule has 7 nitrogen and oxygen atoms in total. The maximum absolute atomic E-state index is 5.43. The first-order valence-electron chi connectivity index (χ1n) is 10.0. The molecule has 154 valence electrons. The number of thiophene rings is 1. The Hall–Kier alpha value is -2.81. The van der Waals surface area contributed by atoms with Crippen molar-refractivity contribution in [2.75, 3.05) is 33.8 Å². The normalized spacial score (nSPS) is 18.1. The van der Waals surface area contributed by atoms with Gasteiger partial charge in [0.25, 0.3) is 0 Å². The summed E-state index contributed by atoms with van der Waals surface area (Å²) in [6.07, 6.45) is 3.83. The number of piperazine rings is 1. The Kier molecular flexibility index (Phi) is 5.20. The topological polar surface area (TPSA) is 58.8 Å². The van der Waals surface area contributed by atoms with Crippen LogP contribution < -0.4 is 4.74 Å². The average molecular weight is 421 g/mol. The first kappa shape index (κ1) is 19.2. The highest BCUT2D eigenvalue weighted by molar-refractivity contribution is 7.08. The van der Waals surface area contributed by atoms with Gasteiger partial charge in [0.2, 0.25) is 5.88 Å². The molecule has 5 heterocycles. The lowest BCUT2D eigenvalue weighted by atomic mass is 10.1. The fourth-order valence-corrected chi connectivity index (χ4v) is 4.75. The van der Waals surface area contributed by atoms with E-state index in [9.17, 15) is 0 Å². The van der Waals surface area contributed by atoms with Gasteiger partial charge in [-0.05, 0) is 41.6 Å². The number of hydrogen-bond donors (Lipinski definition) is 0. The quantitative estimate of drug-likeness (QED) is 0.494. The number of fused-ring (bicyclic) bond motifs is 1. The Bertz CT molecular complexity index is 1140. The second-order valence-electron chi connectivity index (χ2n) is 7.64. The summed E-state index contributed by atoms with van der Waals surface area (Å²) in [5.74, 6) is 0.697. The molecule has 1 fully saturated rings. The van der Waals surface area contributed by atoms with Gasteiger partial charge in [0.1, 0.15) is 5.69 Å². The Balaban J connectivity index is 1.40. The van der Waals surface area contributed by atoms with Crippen LogP contribution >= 0.6 is 11.3 Å². The molecule has 0 aliphatic carbocycles. The van der Waals surface area contributed by atoms with E-state index < -0.39 is 0 Å². The molecule has 8 heteroatoms. The van der Waals surface area contributed by atoms with Gasteiger partial charge in [-0.15, -0.1) is 5.10 Å². The van der Waals surface area contributed by atoms with E-state index in [1.54, 1.807) is 24.6 Å². The molecular formula is C22H24N6OS. The third-order valence-corrected chi connectivity index (χ3v) is 6.46. The first-order chi connectivity index (χ1) is 14.7. The van der Waals surface area contributed by atoms with E-state index in [4.69, 9.17) is 4.74 Å². The van der Waals surface area contributed by atoms with Gasteiger partial charge in [-0.3, -0.25) is 9.80 Å². The summed E-state index contributed by atoms with van der Waals surface area (Å²) < 4.78 is 7.34. The molecule has 0 aromatic carbocycles. The van der Waals surface area contributed by atoms with Crippen LogP contribution in [-0.4, -0.2) is 63.4 Å². The molecule has 0 unspecified atom stereocenters. The lowest BCUT2D eigenvalue weighted by Gasteiger charge is -2.38. The largest absolute Gasteiger partial charge is 0.481 e. The van der Waals surface area contributed by atoms with Crippen LogP contribution in [0.1, 0.15) is 17.3 Å². The minimum atomic E-state index is 0.186. The number of nitrogens with zero attached hydrogens (tertiary/aromatic N) is 6. The molecule has 0 N–H and O–H groups in total. The fraction of sp³-hybridized carbons (Fsp3) is 0.318.